The van der Waals surface area contributed by atoms with Crippen molar-refractivity contribution in [2.45, 2.75) is 18.9 Å². The molecular formula is C16H16N2O2. The number of fused-ring (bicyclic) bond motifs is 1. The standard InChI is InChI=1S/C16H16N2O2/c19-15(13-5-8-17-9-6-13)11-16(20)18-10-7-12-3-1-2-4-14(12)18/h1-6,8-9,15,19H,7,10-11H2/t15-/m1/s1. The second-order valence-corrected chi connectivity index (χ2v) is 4.92. The molecule has 0 unspecified atom stereocenters. The number of para-hydroxylation sites is 1. The largest absolute Gasteiger partial charge is 0.388 e. The first kappa shape index (κ1) is 12.8. The Kier molecular flexibility index (Phi) is 3.48. The van der Waals surface area contributed by atoms with Gasteiger partial charge < -0.3 is 10.0 Å². The summed E-state index contributed by atoms with van der Waals surface area (Å²) in [6.07, 6.45) is 3.44. The molecular weight excluding hydrogens is 252 g/mol. The van der Waals surface area contributed by atoms with E-state index >= 15 is 0 Å². The quantitative estimate of drug-likeness (QED) is 0.927. The average molecular weight is 268 g/mol. The van der Waals surface area contributed by atoms with Crippen molar-refractivity contribution >= 4 is 11.6 Å². The fourth-order valence-electron chi connectivity index (χ4n) is 2.58. The molecule has 1 N–H and O–H groups in total. The monoisotopic (exact) mass is 268 g/mol. The van der Waals surface area contributed by atoms with Crippen LogP contribution in [-0.2, 0) is 11.2 Å². The highest BCUT2D eigenvalue weighted by Crippen LogP contribution is 2.29. The van der Waals surface area contributed by atoms with Crippen molar-refractivity contribution in [1.82, 2.24) is 4.98 Å². The van der Waals surface area contributed by atoms with Gasteiger partial charge >= 0.3 is 0 Å². The molecule has 1 amide bonds. The van der Waals surface area contributed by atoms with E-state index in [2.05, 4.69) is 4.98 Å². The predicted molar refractivity (Wildman–Crippen MR) is 76.3 cm³/mol. The van der Waals surface area contributed by atoms with Gasteiger partial charge in [0.1, 0.15) is 0 Å². The smallest absolute Gasteiger partial charge is 0.229 e. The van der Waals surface area contributed by atoms with Gasteiger partial charge in [0, 0.05) is 24.6 Å². The average Bonchev–Trinajstić information content (AvgIpc) is 2.92. The summed E-state index contributed by atoms with van der Waals surface area (Å²) < 4.78 is 0. The highest BCUT2D eigenvalue weighted by molar-refractivity contribution is 5.95. The number of rotatable bonds is 3. The summed E-state index contributed by atoms with van der Waals surface area (Å²) in [6, 6.07) is 11.4. The third-order valence-corrected chi connectivity index (χ3v) is 3.65. The Hall–Kier alpha value is -2.20. The van der Waals surface area contributed by atoms with Gasteiger partial charge in [-0.15, -0.1) is 0 Å². The molecule has 0 aliphatic carbocycles. The van der Waals surface area contributed by atoms with E-state index in [0.29, 0.717) is 6.54 Å². The molecule has 4 nitrogen and oxygen atoms in total. The number of nitrogens with zero attached hydrogens (tertiary/aromatic N) is 2. The Labute approximate surface area is 117 Å². The number of aromatic nitrogens is 1. The number of carbonyl (C=O) groups excluding carboxylic acids is 1. The number of aliphatic hydroxyl groups is 1. The van der Waals surface area contributed by atoms with Crippen molar-refractivity contribution < 1.29 is 9.90 Å². The molecule has 1 atom stereocenters. The molecule has 1 aliphatic rings. The number of aliphatic hydroxyl groups excluding tert-OH is 1. The maximum Gasteiger partial charge on any atom is 0.229 e. The fraction of sp³-hybridized carbons (Fsp3) is 0.250. The lowest BCUT2D eigenvalue weighted by Gasteiger charge is -2.19. The van der Waals surface area contributed by atoms with Crippen LogP contribution in [0.2, 0.25) is 0 Å². The molecule has 0 spiro atoms. The summed E-state index contributed by atoms with van der Waals surface area (Å²) in [5.74, 6) is -0.0423. The molecule has 2 aromatic rings. The second-order valence-electron chi connectivity index (χ2n) is 4.92. The lowest BCUT2D eigenvalue weighted by molar-refractivity contribution is -0.120. The van der Waals surface area contributed by atoms with E-state index < -0.39 is 6.10 Å². The second kappa shape index (κ2) is 5.43. The zero-order valence-electron chi connectivity index (χ0n) is 11.1. The summed E-state index contributed by atoms with van der Waals surface area (Å²) in [7, 11) is 0. The zero-order valence-corrected chi connectivity index (χ0v) is 11.1. The van der Waals surface area contributed by atoms with Gasteiger partial charge in [0.2, 0.25) is 5.91 Å². The SMILES string of the molecule is O=C(C[C@@H](O)c1ccncc1)N1CCc2ccccc21. The normalized spacial score (nSPS) is 14.9. The van der Waals surface area contributed by atoms with Gasteiger partial charge in [-0.3, -0.25) is 9.78 Å². The van der Waals surface area contributed by atoms with Crippen LogP contribution in [-0.4, -0.2) is 22.5 Å². The van der Waals surface area contributed by atoms with Crippen LogP contribution < -0.4 is 4.90 Å². The molecule has 2 heterocycles. The van der Waals surface area contributed by atoms with Gasteiger partial charge in [0.25, 0.3) is 0 Å². The zero-order chi connectivity index (χ0) is 13.9. The van der Waals surface area contributed by atoms with Crippen LogP contribution in [0, 0.1) is 0 Å². The van der Waals surface area contributed by atoms with Crippen LogP contribution in [0.25, 0.3) is 0 Å². The van der Waals surface area contributed by atoms with Gasteiger partial charge in [0.15, 0.2) is 0 Å². The third-order valence-electron chi connectivity index (χ3n) is 3.65. The van der Waals surface area contributed by atoms with E-state index in [1.54, 1.807) is 29.4 Å². The van der Waals surface area contributed by atoms with Crippen molar-refractivity contribution in [3.8, 4) is 0 Å². The van der Waals surface area contributed by atoms with Gasteiger partial charge in [-0.1, -0.05) is 18.2 Å². The molecule has 102 valence electrons. The Morgan fingerprint density at radius 3 is 2.80 bits per heavy atom. The topological polar surface area (TPSA) is 53.4 Å². The summed E-state index contributed by atoms with van der Waals surface area (Å²) >= 11 is 0. The number of hydrogen-bond donors (Lipinski definition) is 1. The number of benzene rings is 1. The van der Waals surface area contributed by atoms with Crippen molar-refractivity contribution in [2.75, 3.05) is 11.4 Å². The van der Waals surface area contributed by atoms with Crippen molar-refractivity contribution in [2.24, 2.45) is 0 Å². The first-order valence-electron chi connectivity index (χ1n) is 6.72. The van der Waals surface area contributed by atoms with E-state index in [1.807, 2.05) is 24.3 Å². The van der Waals surface area contributed by atoms with Gasteiger partial charge in [-0.25, -0.2) is 0 Å². The highest BCUT2D eigenvalue weighted by atomic mass is 16.3. The Morgan fingerprint density at radius 1 is 1.25 bits per heavy atom. The number of anilines is 1. The minimum atomic E-state index is -0.779. The molecule has 0 bridgehead atoms. The van der Waals surface area contributed by atoms with E-state index in [-0.39, 0.29) is 12.3 Å². The van der Waals surface area contributed by atoms with E-state index in [4.69, 9.17) is 0 Å². The lowest BCUT2D eigenvalue weighted by atomic mass is 10.1. The summed E-state index contributed by atoms with van der Waals surface area (Å²) in [5.41, 5.74) is 2.89. The molecule has 0 fully saturated rings. The molecule has 20 heavy (non-hydrogen) atoms. The van der Waals surface area contributed by atoms with Crippen molar-refractivity contribution in [3.05, 3.63) is 59.9 Å². The highest BCUT2D eigenvalue weighted by Gasteiger charge is 2.25. The van der Waals surface area contributed by atoms with Crippen LogP contribution in [0.5, 0.6) is 0 Å². The van der Waals surface area contributed by atoms with E-state index in [9.17, 15) is 9.90 Å². The summed E-state index contributed by atoms with van der Waals surface area (Å²) in [6.45, 7) is 0.696. The maximum absolute atomic E-state index is 12.3. The number of carbonyl (C=O) groups is 1. The minimum absolute atomic E-state index is 0.0423. The molecule has 0 radical (unpaired) electrons. The van der Waals surface area contributed by atoms with Crippen LogP contribution in [0.15, 0.2) is 48.8 Å². The maximum atomic E-state index is 12.3. The molecule has 4 heteroatoms. The van der Waals surface area contributed by atoms with Gasteiger partial charge in [-0.2, -0.15) is 0 Å². The first-order valence-corrected chi connectivity index (χ1v) is 6.72. The summed E-state index contributed by atoms with van der Waals surface area (Å²) in [4.78, 5) is 18.0. The predicted octanol–water partition coefficient (Wildman–Crippen LogP) is 2.09. The van der Waals surface area contributed by atoms with E-state index in [1.165, 1.54) is 5.56 Å². The Morgan fingerprint density at radius 2 is 2.00 bits per heavy atom. The van der Waals surface area contributed by atoms with Crippen LogP contribution in [0.4, 0.5) is 5.69 Å². The van der Waals surface area contributed by atoms with Gasteiger partial charge in [0.05, 0.1) is 12.5 Å². The molecule has 0 saturated heterocycles. The van der Waals surface area contributed by atoms with Crippen LogP contribution >= 0.6 is 0 Å². The van der Waals surface area contributed by atoms with Gasteiger partial charge in [-0.05, 0) is 35.7 Å². The number of pyridine rings is 1. The minimum Gasteiger partial charge on any atom is -0.388 e. The number of hydrogen-bond acceptors (Lipinski definition) is 3. The lowest BCUT2D eigenvalue weighted by Crippen LogP contribution is -2.30. The van der Waals surface area contributed by atoms with Crippen LogP contribution in [0.3, 0.4) is 0 Å². The first-order chi connectivity index (χ1) is 9.75. The van der Waals surface area contributed by atoms with Crippen molar-refractivity contribution in [3.63, 3.8) is 0 Å². The van der Waals surface area contributed by atoms with E-state index in [0.717, 1.165) is 17.7 Å². The van der Waals surface area contributed by atoms with Crippen molar-refractivity contribution in [1.29, 1.82) is 0 Å². The summed E-state index contributed by atoms with van der Waals surface area (Å²) in [5, 5.41) is 10.1. The molecule has 1 aliphatic heterocycles. The molecule has 0 saturated carbocycles. The third kappa shape index (κ3) is 2.42. The Bertz CT molecular complexity index is 613. The molecule has 3 rings (SSSR count). The molecule has 1 aromatic carbocycles. The van der Waals surface area contributed by atoms with Crippen LogP contribution in [0.1, 0.15) is 23.7 Å². The Balaban J connectivity index is 1.72. The fourth-order valence-corrected chi connectivity index (χ4v) is 2.58. The molecule has 1 aromatic heterocycles. The number of amides is 1.